The summed E-state index contributed by atoms with van der Waals surface area (Å²) < 4.78 is 16.9. The van der Waals surface area contributed by atoms with Crippen LogP contribution < -0.4 is 14.8 Å². The molecule has 1 fully saturated rings. The van der Waals surface area contributed by atoms with Gasteiger partial charge >= 0.3 is 0 Å². The Hall–Kier alpha value is -0.970. The summed E-state index contributed by atoms with van der Waals surface area (Å²) >= 11 is 6.30. The number of hydrogen-bond acceptors (Lipinski definition) is 4. The molecule has 116 valence electrons. The van der Waals surface area contributed by atoms with E-state index in [1.807, 2.05) is 12.1 Å². The van der Waals surface area contributed by atoms with Crippen LogP contribution in [0.3, 0.4) is 0 Å². The van der Waals surface area contributed by atoms with Crippen molar-refractivity contribution in [3.63, 3.8) is 0 Å². The Morgan fingerprint density at radius 2 is 2.10 bits per heavy atom. The van der Waals surface area contributed by atoms with Crippen molar-refractivity contribution in [3.8, 4) is 11.5 Å². The lowest BCUT2D eigenvalue weighted by Crippen LogP contribution is -2.26. The second-order valence-electron chi connectivity index (χ2n) is 5.71. The van der Waals surface area contributed by atoms with Gasteiger partial charge in [-0.1, -0.05) is 11.6 Å². The van der Waals surface area contributed by atoms with Crippen LogP contribution in [0.15, 0.2) is 12.1 Å². The normalized spacial score (nSPS) is 24.9. The highest BCUT2D eigenvalue weighted by Gasteiger charge is 2.23. The molecule has 5 heteroatoms. The molecule has 1 aromatic rings. The molecule has 2 heterocycles. The molecule has 0 amide bonds. The summed E-state index contributed by atoms with van der Waals surface area (Å²) in [7, 11) is 0. The molecule has 2 aliphatic heterocycles. The smallest absolute Gasteiger partial charge is 0.179 e. The van der Waals surface area contributed by atoms with Gasteiger partial charge < -0.3 is 19.5 Å². The molecule has 1 saturated heterocycles. The highest BCUT2D eigenvalue weighted by molar-refractivity contribution is 6.32. The van der Waals surface area contributed by atoms with E-state index in [4.69, 9.17) is 25.8 Å². The van der Waals surface area contributed by atoms with Crippen LogP contribution in [0.4, 0.5) is 0 Å². The number of nitrogens with one attached hydrogen (secondary N) is 1. The third kappa shape index (κ3) is 3.62. The van der Waals surface area contributed by atoms with Crippen LogP contribution in [-0.4, -0.2) is 32.5 Å². The van der Waals surface area contributed by atoms with E-state index in [1.165, 1.54) is 0 Å². The van der Waals surface area contributed by atoms with Gasteiger partial charge in [0.15, 0.2) is 11.5 Å². The topological polar surface area (TPSA) is 39.7 Å². The van der Waals surface area contributed by atoms with Crippen LogP contribution in [0.2, 0.25) is 5.02 Å². The molecule has 2 aliphatic rings. The summed E-state index contributed by atoms with van der Waals surface area (Å²) in [4.78, 5) is 0. The van der Waals surface area contributed by atoms with E-state index >= 15 is 0 Å². The Labute approximate surface area is 130 Å². The van der Waals surface area contributed by atoms with E-state index in [-0.39, 0.29) is 0 Å². The molecule has 1 aromatic carbocycles. The van der Waals surface area contributed by atoms with Crippen molar-refractivity contribution in [1.29, 1.82) is 0 Å². The largest absolute Gasteiger partial charge is 0.489 e. The molecule has 0 saturated carbocycles. The van der Waals surface area contributed by atoms with Crippen LogP contribution in [0.25, 0.3) is 0 Å². The second kappa shape index (κ2) is 6.86. The molecule has 3 rings (SSSR count). The van der Waals surface area contributed by atoms with Crippen molar-refractivity contribution in [2.45, 2.75) is 32.4 Å². The first-order valence-electron chi connectivity index (χ1n) is 7.64. The van der Waals surface area contributed by atoms with Crippen LogP contribution >= 0.6 is 11.6 Å². The number of benzene rings is 1. The van der Waals surface area contributed by atoms with Gasteiger partial charge in [0.2, 0.25) is 0 Å². The number of halogens is 1. The van der Waals surface area contributed by atoms with Crippen LogP contribution in [0.5, 0.6) is 11.5 Å². The summed E-state index contributed by atoms with van der Waals surface area (Å²) in [6.07, 6.45) is 2.37. The van der Waals surface area contributed by atoms with E-state index in [1.54, 1.807) is 0 Å². The van der Waals surface area contributed by atoms with Crippen molar-refractivity contribution in [3.05, 3.63) is 22.7 Å². The predicted octanol–water partition coefficient (Wildman–Crippen LogP) is 3.02. The molecule has 2 atom stereocenters. The van der Waals surface area contributed by atoms with Crippen LogP contribution in [0.1, 0.15) is 25.3 Å². The number of fused-ring (bicyclic) bond motifs is 1. The number of rotatable bonds is 4. The maximum absolute atomic E-state index is 6.30. The summed E-state index contributed by atoms with van der Waals surface area (Å²) in [5.74, 6) is 2.03. The quantitative estimate of drug-likeness (QED) is 0.928. The van der Waals surface area contributed by atoms with Gasteiger partial charge in [0, 0.05) is 26.1 Å². The lowest BCUT2D eigenvalue weighted by atomic mass is 10.0. The zero-order valence-corrected chi connectivity index (χ0v) is 13.1. The summed E-state index contributed by atoms with van der Waals surface area (Å²) in [6.45, 7) is 6.10. The van der Waals surface area contributed by atoms with E-state index in [0.29, 0.717) is 36.0 Å². The van der Waals surface area contributed by atoms with Crippen molar-refractivity contribution >= 4 is 11.6 Å². The van der Waals surface area contributed by atoms with Gasteiger partial charge in [-0.3, -0.25) is 0 Å². The first kappa shape index (κ1) is 14.9. The van der Waals surface area contributed by atoms with Crippen LogP contribution in [0, 0.1) is 5.92 Å². The lowest BCUT2D eigenvalue weighted by molar-refractivity contribution is 0.105. The zero-order chi connectivity index (χ0) is 14.7. The van der Waals surface area contributed by atoms with Crippen LogP contribution in [-0.2, 0) is 11.3 Å². The fourth-order valence-electron chi connectivity index (χ4n) is 2.83. The van der Waals surface area contributed by atoms with Gasteiger partial charge in [-0.15, -0.1) is 0 Å². The van der Waals surface area contributed by atoms with Crippen molar-refractivity contribution in [1.82, 2.24) is 5.32 Å². The minimum atomic E-state index is 0.352. The SMILES string of the molecule is CC1OCCC1CNCc1cc(Cl)c2c(c1)OCCCO2. The maximum Gasteiger partial charge on any atom is 0.179 e. The van der Waals surface area contributed by atoms with E-state index < -0.39 is 0 Å². The molecule has 0 radical (unpaired) electrons. The highest BCUT2D eigenvalue weighted by atomic mass is 35.5. The Morgan fingerprint density at radius 1 is 1.24 bits per heavy atom. The molecular weight excluding hydrogens is 290 g/mol. The predicted molar refractivity (Wildman–Crippen MR) is 82.3 cm³/mol. The standard InChI is InChI=1S/C16H22ClNO3/c1-11-13(3-6-19-11)10-18-9-12-7-14(17)16-15(8-12)20-4-2-5-21-16/h7-8,11,13,18H,2-6,9-10H2,1H3. The average molecular weight is 312 g/mol. The first-order chi connectivity index (χ1) is 10.2. The summed E-state index contributed by atoms with van der Waals surface area (Å²) in [6, 6.07) is 3.98. The van der Waals surface area contributed by atoms with Gasteiger partial charge in [-0.25, -0.2) is 0 Å². The van der Waals surface area contributed by atoms with E-state index in [0.717, 1.165) is 43.9 Å². The van der Waals surface area contributed by atoms with E-state index in [9.17, 15) is 0 Å². The number of hydrogen-bond donors (Lipinski definition) is 1. The Bertz CT molecular complexity index is 495. The van der Waals surface area contributed by atoms with Crippen molar-refractivity contribution in [2.24, 2.45) is 5.92 Å². The van der Waals surface area contributed by atoms with Crippen molar-refractivity contribution in [2.75, 3.05) is 26.4 Å². The Balaban J connectivity index is 1.60. The van der Waals surface area contributed by atoms with Gasteiger partial charge in [0.25, 0.3) is 0 Å². The highest BCUT2D eigenvalue weighted by Crippen LogP contribution is 2.37. The Morgan fingerprint density at radius 3 is 2.90 bits per heavy atom. The summed E-state index contributed by atoms with van der Waals surface area (Å²) in [5, 5.41) is 4.12. The monoisotopic (exact) mass is 311 g/mol. The van der Waals surface area contributed by atoms with Gasteiger partial charge in [-0.05, 0) is 37.0 Å². The fourth-order valence-corrected chi connectivity index (χ4v) is 3.12. The molecule has 21 heavy (non-hydrogen) atoms. The molecular formula is C16H22ClNO3. The van der Waals surface area contributed by atoms with Gasteiger partial charge in [-0.2, -0.15) is 0 Å². The summed E-state index contributed by atoms with van der Waals surface area (Å²) in [5.41, 5.74) is 1.12. The number of ether oxygens (including phenoxy) is 3. The molecule has 0 spiro atoms. The maximum atomic E-state index is 6.30. The third-order valence-electron chi connectivity index (χ3n) is 4.13. The van der Waals surface area contributed by atoms with Gasteiger partial charge in [0.05, 0.1) is 24.3 Å². The molecule has 0 aliphatic carbocycles. The fraction of sp³-hybridized carbons (Fsp3) is 0.625. The van der Waals surface area contributed by atoms with Gasteiger partial charge in [0.1, 0.15) is 0 Å². The average Bonchev–Trinajstić information content (AvgIpc) is 2.73. The minimum Gasteiger partial charge on any atom is -0.489 e. The van der Waals surface area contributed by atoms with E-state index in [2.05, 4.69) is 12.2 Å². The molecule has 2 unspecified atom stereocenters. The molecule has 0 aromatic heterocycles. The minimum absolute atomic E-state index is 0.352. The zero-order valence-electron chi connectivity index (χ0n) is 12.4. The molecule has 0 bridgehead atoms. The third-order valence-corrected chi connectivity index (χ3v) is 4.41. The second-order valence-corrected chi connectivity index (χ2v) is 6.12. The van der Waals surface area contributed by atoms with Crippen molar-refractivity contribution < 1.29 is 14.2 Å². The molecule has 4 nitrogen and oxygen atoms in total. The first-order valence-corrected chi connectivity index (χ1v) is 8.02. The molecule has 1 N–H and O–H groups in total. The lowest BCUT2D eigenvalue weighted by Gasteiger charge is -2.16. The Kier molecular flexibility index (Phi) is 4.88.